The van der Waals surface area contributed by atoms with Crippen molar-refractivity contribution in [3.05, 3.63) is 57.3 Å². The average Bonchev–Trinajstić information content (AvgIpc) is 3.11. The first-order valence-corrected chi connectivity index (χ1v) is 8.68. The molecule has 0 radical (unpaired) electrons. The van der Waals surface area contributed by atoms with Gasteiger partial charge in [-0.1, -0.05) is 12.1 Å². The Balaban J connectivity index is 1.50. The molecule has 0 aliphatic heterocycles. The van der Waals surface area contributed by atoms with Gasteiger partial charge in [0.1, 0.15) is 0 Å². The van der Waals surface area contributed by atoms with Crippen LogP contribution in [0, 0.1) is 0 Å². The average molecular weight is 329 g/mol. The van der Waals surface area contributed by atoms with E-state index < -0.39 is 5.97 Å². The topological polar surface area (TPSA) is 55.4 Å². The molecule has 0 fully saturated rings. The summed E-state index contributed by atoms with van der Waals surface area (Å²) in [6.07, 6.45) is 4.46. The highest BCUT2D eigenvalue weighted by Crippen LogP contribution is 2.22. The van der Waals surface area contributed by atoms with E-state index in [0.717, 1.165) is 24.1 Å². The SMILES string of the molecule is O=C(COC(=O)c1ccc2c(c1)CCCC2)NCc1cccs1. The van der Waals surface area contributed by atoms with Crippen molar-refractivity contribution < 1.29 is 14.3 Å². The minimum Gasteiger partial charge on any atom is -0.452 e. The number of fused-ring (bicyclic) bond motifs is 1. The van der Waals surface area contributed by atoms with E-state index >= 15 is 0 Å². The van der Waals surface area contributed by atoms with Crippen LogP contribution in [0.3, 0.4) is 0 Å². The Bertz CT molecular complexity index is 694. The predicted octanol–water partition coefficient (Wildman–Crippen LogP) is 3.10. The largest absolute Gasteiger partial charge is 0.452 e. The molecule has 1 aromatic heterocycles. The normalized spacial score (nSPS) is 13.2. The Morgan fingerprint density at radius 3 is 2.74 bits per heavy atom. The van der Waals surface area contributed by atoms with Gasteiger partial charge in [0, 0.05) is 4.88 Å². The molecule has 5 heteroatoms. The van der Waals surface area contributed by atoms with Gasteiger partial charge in [0.25, 0.3) is 5.91 Å². The molecule has 0 bridgehead atoms. The summed E-state index contributed by atoms with van der Waals surface area (Å²) in [4.78, 5) is 24.9. The molecular formula is C18H19NO3S. The molecule has 23 heavy (non-hydrogen) atoms. The zero-order valence-corrected chi connectivity index (χ0v) is 13.7. The fourth-order valence-electron chi connectivity index (χ4n) is 2.72. The minimum atomic E-state index is -0.440. The maximum atomic E-state index is 12.1. The molecule has 1 aromatic carbocycles. The molecule has 1 aliphatic carbocycles. The van der Waals surface area contributed by atoms with Crippen LogP contribution in [0.15, 0.2) is 35.7 Å². The van der Waals surface area contributed by atoms with Gasteiger partial charge in [0.2, 0.25) is 0 Å². The third-order valence-electron chi connectivity index (χ3n) is 3.96. The maximum absolute atomic E-state index is 12.1. The number of carbonyl (C=O) groups excluding carboxylic acids is 2. The van der Waals surface area contributed by atoms with Gasteiger partial charge in [0.05, 0.1) is 12.1 Å². The lowest BCUT2D eigenvalue weighted by atomic mass is 9.90. The van der Waals surface area contributed by atoms with Crippen LogP contribution in [-0.2, 0) is 28.9 Å². The van der Waals surface area contributed by atoms with Crippen molar-refractivity contribution in [2.75, 3.05) is 6.61 Å². The second-order valence-corrected chi connectivity index (χ2v) is 6.66. The molecule has 120 valence electrons. The standard InChI is InChI=1S/C18H19NO3S/c20-17(19-11-16-6-3-9-23-16)12-22-18(21)15-8-7-13-4-1-2-5-14(13)10-15/h3,6-10H,1-2,4-5,11-12H2,(H,19,20). The molecule has 0 unspecified atom stereocenters. The van der Waals surface area contributed by atoms with Crippen LogP contribution >= 0.6 is 11.3 Å². The van der Waals surface area contributed by atoms with E-state index in [9.17, 15) is 9.59 Å². The highest BCUT2D eigenvalue weighted by Gasteiger charge is 2.14. The molecular weight excluding hydrogens is 310 g/mol. The van der Waals surface area contributed by atoms with E-state index in [0.29, 0.717) is 12.1 Å². The number of benzene rings is 1. The summed E-state index contributed by atoms with van der Waals surface area (Å²) in [5, 5.41) is 4.69. The number of ether oxygens (including phenoxy) is 1. The first-order chi connectivity index (χ1) is 11.2. The van der Waals surface area contributed by atoms with Crippen LogP contribution in [0.5, 0.6) is 0 Å². The zero-order chi connectivity index (χ0) is 16.1. The van der Waals surface area contributed by atoms with Crippen molar-refractivity contribution in [2.24, 2.45) is 0 Å². The quantitative estimate of drug-likeness (QED) is 0.858. The number of rotatable bonds is 5. The number of amides is 1. The summed E-state index contributed by atoms with van der Waals surface area (Å²) >= 11 is 1.58. The Morgan fingerprint density at radius 2 is 1.96 bits per heavy atom. The number of aryl methyl sites for hydroxylation is 2. The molecule has 0 saturated carbocycles. The van der Waals surface area contributed by atoms with Crippen LogP contribution in [0.1, 0.15) is 39.2 Å². The van der Waals surface area contributed by atoms with Gasteiger partial charge in [0.15, 0.2) is 6.61 Å². The van der Waals surface area contributed by atoms with E-state index in [2.05, 4.69) is 5.32 Å². The fraction of sp³-hybridized carbons (Fsp3) is 0.333. The Kier molecular flexibility index (Phi) is 5.08. The zero-order valence-electron chi connectivity index (χ0n) is 12.8. The second-order valence-electron chi connectivity index (χ2n) is 5.62. The van der Waals surface area contributed by atoms with E-state index in [-0.39, 0.29) is 12.5 Å². The lowest BCUT2D eigenvalue weighted by molar-refractivity contribution is -0.124. The van der Waals surface area contributed by atoms with Gasteiger partial charge in [-0.2, -0.15) is 0 Å². The summed E-state index contributed by atoms with van der Waals surface area (Å²) in [5.41, 5.74) is 3.08. The number of thiophene rings is 1. The van der Waals surface area contributed by atoms with E-state index in [1.165, 1.54) is 17.5 Å². The molecule has 2 aromatic rings. The fourth-order valence-corrected chi connectivity index (χ4v) is 3.37. The lowest BCUT2D eigenvalue weighted by Crippen LogP contribution is -2.28. The summed E-state index contributed by atoms with van der Waals surface area (Å²) in [6.45, 7) is 0.216. The predicted molar refractivity (Wildman–Crippen MR) is 89.5 cm³/mol. The Morgan fingerprint density at radius 1 is 1.13 bits per heavy atom. The number of carbonyl (C=O) groups is 2. The lowest BCUT2D eigenvalue weighted by Gasteiger charge is -2.16. The highest BCUT2D eigenvalue weighted by atomic mass is 32.1. The molecule has 4 nitrogen and oxygen atoms in total. The van der Waals surface area contributed by atoms with Crippen LogP contribution in [0.25, 0.3) is 0 Å². The van der Waals surface area contributed by atoms with Crippen LogP contribution < -0.4 is 5.32 Å². The van der Waals surface area contributed by atoms with E-state index in [1.54, 1.807) is 17.4 Å². The smallest absolute Gasteiger partial charge is 0.338 e. The first-order valence-electron chi connectivity index (χ1n) is 7.80. The molecule has 1 aliphatic rings. The van der Waals surface area contributed by atoms with E-state index in [4.69, 9.17) is 4.74 Å². The van der Waals surface area contributed by atoms with Gasteiger partial charge < -0.3 is 10.1 Å². The van der Waals surface area contributed by atoms with Crippen molar-refractivity contribution in [1.82, 2.24) is 5.32 Å². The molecule has 0 spiro atoms. The number of esters is 1. The Hall–Kier alpha value is -2.14. The minimum absolute atomic E-state index is 0.249. The third kappa shape index (κ3) is 4.20. The van der Waals surface area contributed by atoms with Gasteiger partial charge >= 0.3 is 5.97 Å². The molecule has 0 atom stereocenters. The van der Waals surface area contributed by atoms with Crippen molar-refractivity contribution in [2.45, 2.75) is 32.2 Å². The van der Waals surface area contributed by atoms with Gasteiger partial charge in [-0.05, 0) is 60.4 Å². The molecule has 3 rings (SSSR count). The number of nitrogens with one attached hydrogen (secondary N) is 1. The summed E-state index contributed by atoms with van der Waals surface area (Å²) in [5.74, 6) is -0.727. The highest BCUT2D eigenvalue weighted by molar-refractivity contribution is 7.09. The van der Waals surface area contributed by atoms with Crippen molar-refractivity contribution >= 4 is 23.2 Å². The van der Waals surface area contributed by atoms with Crippen LogP contribution in [0.4, 0.5) is 0 Å². The molecule has 1 N–H and O–H groups in total. The number of hydrogen-bond acceptors (Lipinski definition) is 4. The van der Waals surface area contributed by atoms with Gasteiger partial charge in [-0.15, -0.1) is 11.3 Å². The molecule has 1 amide bonds. The van der Waals surface area contributed by atoms with Crippen molar-refractivity contribution in [1.29, 1.82) is 0 Å². The van der Waals surface area contributed by atoms with Gasteiger partial charge in [-0.3, -0.25) is 4.79 Å². The van der Waals surface area contributed by atoms with Crippen molar-refractivity contribution in [3.8, 4) is 0 Å². The summed E-state index contributed by atoms with van der Waals surface area (Å²) < 4.78 is 5.10. The number of hydrogen-bond donors (Lipinski definition) is 1. The maximum Gasteiger partial charge on any atom is 0.338 e. The summed E-state index contributed by atoms with van der Waals surface area (Å²) in [7, 11) is 0. The molecule has 1 heterocycles. The van der Waals surface area contributed by atoms with Crippen LogP contribution in [-0.4, -0.2) is 18.5 Å². The van der Waals surface area contributed by atoms with E-state index in [1.807, 2.05) is 29.6 Å². The Labute approximate surface area is 139 Å². The van der Waals surface area contributed by atoms with Gasteiger partial charge in [-0.25, -0.2) is 4.79 Å². The molecule has 0 saturated heterocycles. The second kappa shape index (κ2) is 7.42. The third-order valence-corrected chi connectivity index (χ3v) is 4.83. The van der Waals surface area contributed by atoms with Crippen LogP contribution in [0.2, 0.25) is 0 Å². The monoisotopic (exact) mass is 329 g/mol. The first kappa shape index (κ1) is 15.7. The van der Waals surface area contributed by atoms with Crippen molar-refractivity contribution in [3.63, 3.8) is 0 Å². The summed E-state index contributed by atoms with van der Waals surface area (Å²) in [6, 6.07) is 9.57.